The van der Waals surface area contributed by atoms with Gasteiger partial charge in [0.25, 0.3) is 0 Å². The molecule has 3 N–H and O–H groups in total. The molecule has 4 nitrogen and oxygen atoms in total. The van der Waals surface area contributed by atoms with Crippen LogP contribution in [0.5, 0.6) is 0 Å². The summed E-state index contributed by atoms with van der Waals surface area (Å²) >= 11 is 4.01. The second-order valence-corrected chi connectivity index (χ2v) is 4.26. The minimum absolute atomic E-state index is 0.000926. The summed E-state index contributed by atoms with van der Waals surface area (Å²) in [6, 6.07) is -0.151. The zero-order valence-corrected chi connectivity index (χ0v) is 11.7. The quantitative estimate of drug-likeness (QED) is 0.617. The van der Waals surface area contributed by atoms with Crippen LogP contribution in [-0.4, -0.2) is 29.0 Å². The maximum absolute atomic E-state index is 11.2. The van der Waals surface area contributed by atoms with Crippen LogP contribution in [0, 0.1) is 0 Å². The molecular formula is C11H24N2O2S. The van der Waals surface area contributed by atoms with Gasteiger partial charge < -0.3 is 11.1 Å². The highest BCUT2D eigenvalue weighted by Gasteiger charge is 2.21. The fourth-order valence-corrected chi connectivity index (χ4v) is 1.30. The molecule has 0 aliphatic rings. The van der Waals surface area contributed by atoms with Gasteiger partial charge in [-0.2, -0.15) is 12.6 Å². The summed E-state index contributed by atoms with van der Waals surface area (Å²) in [5.74, 6) is -0.496. The molecule has 2 atom stereocenters. The molecule has 0 fully saturated rings. The Kier molecular flexibility index (Phi) is 10.8. The first-order valence-corrected chi connectivity index (χ1v) is 6.10. The van der Waals surface area contributed by atoms with Crippen LogP contribution in [0.3, 0.4) is 0 Å². The Balaban J connectivity index is 0. The topological polar surface area (TPSA) is 72.2 Å². The van der Waals surface area contributed by atoms with Crippen LogP contribution in [0.25, 0.3) is 0 Å². The molecule has 0 spiro atoms. The highest BCUT2D eigenvalue weighted by Crippen LogP contribution is 2.06. The van der Waals surface area contributed by atoms with Crippen LogP contribution in [0.1, 0.15) is 41.0 Å². The third-order valence-electron chi connectivity index (χ3n) is 1.81. The van der Waals surface area contributed by atoms with E-state index in [2.05, 4.69) is 17.9 Å². The van der Waals surface area contributed by atoms with Crippen molar-refractivity contribution in [3.63, 3.8) is 0 Å². The molecule has 0 aliphatic heterocycles. The van der Waals surface area contributed by atoms with Gasteiger partial charge in [0, 0.05) is 6.04 Å². The molecule has 16 heavy (non-hydrogen) atoms. The summed E-state index contributed by atoms with van der Waals surface area (Å²) < 4.78 is 0. The monoisotopic (exact) mass is 248 g/mol. The van der Waals surface area contributed by atoms with Crippen molar-refractivity contribution >= 4 is 24.3 Å². The Bertz CT molecular complexity index is 220. The van der Waals surface area contributed by atoms with Gasteiger partial charge in [-0.25, -0.2) is 0 Å². The van der Waals surface area contributed by atoms with Crippen molar-refractivity contribution in [2.75, 3.05) is 0 Å². The summed E-state index contributed by atoms with van der Waals surface area (Å²) in [5, 5.41) is 2.48. The molecule has 0 bridgehead atoms. The fourth-order valence-electron chi connectivity index (χ4n) is 1.09. The number of thiol groups is 1. The SMILES string of the molecule is CC.CC(=O)C(CC(S)C(N)=O)NC(C)C. The average Bonchev–Trinajstić information content (AvgIpc) is 2.18. The summed E-state index contributed by atoms with van der Waals surface area (Å²) in [6.45, 7) is 9.36. The fraction of sp³-hybridized carbons (Fsp3) is 0.818. The zero-order chi connectivity index (χ0) is 13.3. The van der Waals surface area contributed by atoms with E-state index in [-0.39, 0.29) is 17.9 Å². The van der Waals surface area contributed by atoms with Crippen molar-refractivity contribution in [2.45, 2.75) is 58.4 Å². The van der Waals surface area contributed by atoms with Gasteiger partial charge >= 0.3 is 0 Å². The number of primary amides is 1. The first kappa shape index (κ1) is 17.8. The molecule has 0 saturated heterocycles. The molecule has 0 rings (SSSR count). The summed E-state index contributed by atoms with van der Waals surface area (Å²) in [5.41, 5.74) is 5.06. The number of rotatable bonds is 6. The van der Waals surface area contributed by atoms with Gasteiger partial charge in [-0.1, -0.05) is 27.7 Å². The lowest BCUT2D eigenvalue weighted by Crippen LogP contribution is -2.43. The molecule has 2 unspecified atom stereocenters. The molecule has 0 aromatic carbocycles. The standard InChI is InChI=1S/C9H18N2O2S.C2H6/c1-5(2)11-7(6(3)12)4-8(14)9(10)13;1-2/h5,7-8,11,14H,4H2,1-3H3,(H2,10,13);1-2H3. The van der Waals surface area contributed by atoms with Crippen molar-refractivity contribution < 1.29 is 9.59 Å². The smallest absolute Gasteiger partial charge is 0.230 e. The number of nitrogens with one attached hydrogen (secondary N) is 1. The Morgan fingerprint density at radius 3 is 2.00 bits per heavy atom. The van der Waals surface area contributed by atoms with Crippen molar-refractivity contribution in [3.8, 4) is 0 Å². The van der Waals surface area contributed by atoms with Crippen molar-refractivity contribution in [1.29, 1.82) is 0 Å². The van der Waals surface area contributed by atoms with Crippen molar-refractivity contribution in [1.82, 2.24) is 5.32 Å². The Morgan fingerprint density at radius 2 is 1.75 bits per heavy atom. The van der Waals surface area contributed by atoms with Crippen LogP contribution in [0.2, 0.25) is 0 Å². The number of carbonyl (C=O) groups is 2. The largest absolute Gasteiger partial charge is 0.369 e. The summed E-state index contributed by atoms with van der Waals surface area (Å²) in [4.78, 5) is 21.9. The lowest BCUT2D eigenvalue weighted by Gasteiger charge is -2.20. The highest BCUT2D eigenvalue weighted by atomic mass is 32.1. The molecule has 0 aromatic rings. The number of ketones is 1. The summed E-state index contributed by atoms with van der Waals surface area (Å²) in [6.07, 6.45) is 0.339. The van der Waals surface area contributed by atoms with E-state index in [4.69, 9.17) is 5.73 Å². The number of nitrogens with two attached hydrogens (primary N) is 1. The third-order valence-corrected chi connectivity index (χ3v) is 2.28. The van der Waals surface area contributed by atoms with Gasteiger partial charge in [0.1, 0.15) is 5.78 Å². The molecule has 0 aliphatic carbocycles. The maximum Gasteiger partial charge on any atom is 0.230 e. The van der Waals surface area contributed by atoms with Crippen molar-refractivity contribution in [2.24, 2.45) is 5.73 Å². The molecule has 1 amide bonds. The number of Topliss-reactive ketones (excluding diaryl/α,β-unsaturated/α-hetero) is 1. The molecular weight excluding hydrogens is 224 g/mol. The van der Waals surface area contributed by atoms with Gasteiger partial charge in [0.2, 0.25) is 5.91 Å². The van der Waals surface area contributed by atoms with Gasteiger partial charge in [-0.3, -0.25) is 9.59 Å². The van der Waals surface area contributed by atoms with E-state index in [9.17, 15) is 9.59 Å². The first-order valence-electron chi connectivity index (χ1n) is 5.58. The van der Waals surface area contributed by atoms with Gasteiger partial charge in [-0.05, 0) is 13.3 Å². The van der Waals surface area contributed by atoms with Crippen LogP contribution in [-0.2, 0) is 9.59 Å². The number of hydrogen-bond acceptors (Lipinski definition) is 4. The third kappa shape index (κ3) is 8.73. The maximum atomic E-state index is 11.2. The molecule has 0 radical (unpaired) electrons. The number of carbonyl (C=O) groups excluding carboxylic acids is 2. The van der Waals surface area contributed by atoms with Gasteiger partial charge in [0.15, 0.2) is 0 Å². The molecule has 0 heterocycles. The van der Waals surface area contributed by atoms with Gasteiger partial charge in [-0.15, -0.1) is 0 Å². The van der Waals surface area contributed by atoms with Crippen LogP contribution >= 0.6 is 12.6 Å². The zero-order valence-electron chi connectivity index (χ0n) is 10.8. The molecule has 96 valence electrons. The van der Waals surface area contributed by atoms with E-state index in [1.54, 1.807) is 0 Å². The Morgan fingerprint density at radius 1 is 1.31 bits per heavy atom. The second-order valence-electron chi connectivity index (χ2n) is 3.64. The Hall–Kier alpha value is -0.550. The predicted molar refractivity (Wildman–Crippen MR) is 70.7 cm³/mol. The van der Waals surface area contributed by atoms with Gasteiger partial charge in [0.05, 0.1) is 11.3 Å². The lowest BCUT2D eigenvalue weighted by atomic mass is 10.1. The predicted octanol–water partition coefficient (Wildman–Crippen LogP) is 1.14. The molecule has 5 heteroatoms. The number of hydrogen-bond donors (Lipinski definition) is 3. The highest BCUT2D eigenvalue weighted by molar-refractivity contribution is 7.81. The molecule has 0 saturated carbocycles. The van der Waals surface area contributed by atoms with E-state index in [0.717, 1.165) is 0 Å². The van der Waals surface area contributed by atoms with E-state index >= 15 is 0 Å². The van der Waals surface area contributed by atoms with Crippen LogP contribution in [0.15, 0.2) is 0 Å². The van der Waals surface area contributed by atoms with E-state index < -0.39 is 11.2 Å². The minimum Gasteiger partial charge on any atom is -0.369 e. The summed E-state index contributed by atoms with van der Waals surface area (Å²) in [7, 11) is 0. The lowest BCUT2D eigenvalue weighted by molar-refractivity contribution is -0.120. The number of amides is 1. The Labute approximate surface area is 104 Å². The van der Waals surface area contributed by atoms with Crippen LogP contribution in [0.4, 0.5) is 0 Å². The second kappa shape index (κ2) is 9.66. The van der Waals surface area contributed by atoms with E-state index in [0.29, 0.717) is 6.42 Å². The average molecular weight is 248 g/mol. The van der Waals surface area contributed by atoms with E-state index in [1.165, 1.54) is 6.92 Å². The van der Waals surface area contributed by atoms with Crippen LogP contribution < -0.4 is 11.1 Å². The van der Waals surface area contributed by atoms with Crippen molar-refractivity contribution in [3.05, 3.63) is 0 Å². The van der Waals surface area contributed by atoms with E-state index in [1.807, 2.05) is 27.7 Å². The first-order chi connectivity index (χ1) is 7.34. The minimum atomic E-state index is -0.574. The molecule has 0 aromatic heterocycles. The normalized spacial score (nSPS) is 13.7.